The molecule has 0 aliphatic heterocycles. The first-order valence-corrected chi connectivity index (χ1v) is 8.24. The van der Waals surface area contributed by atoms with Crippen molar-refractivity contribution in [1.82, 2.24) is 5.32 Å². The summed E-state index contributed by atoms with van der Waals surface area (Å²) in [6, 6.07) is 9.47. The van der Waals surface area contributed by atoms with E-state index in [1.54, 1.807) is 5.56 Å². The van der Waals surface area contributed by atoms with Crippen molar-refractivity contribution in [3.05, 3.63) is 35.4 Å². The Kier molecular flexibility index (Phi) is 4.90. The number of benzene rings is 1. The van der Waals surface area contributed by atoms with Gasteiger partial charge in [0.2, 0.25) is 0 Å². The summed E-state index contributed by atoms with van der Waals surface area (Å²) in [6.45, 7) is 7.98. The van der Waals surface area contributed by atoms with Crippen LogP contribution in [-0.4, -0.2) is 13.6 Å². The zero-order valence-electron chi connectivity index (χ0n) is 13.8. The second-order valence-corrected chi connectivity index (χ2v) is 7.55. The Morgan fingerprint density at radius 3 is 1.95 bits per heavy atom. The van der Waals surface area contributed by atoms with Gasteiger partial charge in [0.25, 0.3) is 0 Å². The maximum absolute atomic E-state index is 3.45. The second-order valence-electron chi connectivity index (χ2n) is 7.55. The number of rotatable bonds is 3. The van der Waals surface area contributed by atoms with Gasteiger partial charge in [-0.2, -0.15) is 0 Å². The first-order chi connectivity index (χ1) is 9.48. The lowest BCUT2D eigenvalue weighted by molar-refractivity contribution is 0.357. The molecule has 0 unspecified atom stereocenters. The highest BCUT2D eigenvalue weighted by Crippen LogP contribution is 2.38. The van der Waals surface area contributed by atoms with Crippen LogP contribution in [0.15, 0.2) is 24.3 Å². The predicted molar refractivity (Wildman–Crippen MR) is 88.4 cm³/mol. The summed E-state index contributed by atoms with van der Waals surface area (Å²) in [4.78, 5) is 0. The fourth-order valence-electron chi connectivity index (χ4n) is 3.64. The molecule has 0 atom stereocenters. The molecule has 0 amide bonds. The topological polar surface area (TPSA) is 12.0 Å². The molecule has 0 heterocycles. The largest absolute Gasteiger partial charge is 0.319 e. The van der Waals surface area contributed by atoms with Crippen molar-refractivity contribution in [2.45, 2.75) is 70.1 Å². The van der Waals surface area contributed by atoms with E-state index >= 15 is 0 Å². The van der Waals surface area contributed by atoms with Crippen molar-refractivity contribution < 1.29 is 0 Å². The van der Waals surface area contributed by atoms with E-state index in [-0.39, 0.29) is 5.41 Å². The Hall–Kier alpha value is -0.820. The summed E-state index contributed by atoms with van der Waals surface area (Å²) in [5.41, 5.74) is 3.59. The van der Waals surface area contributed by atoms with Crippen LogP contribution in [0.2, 0.25) is 0 Å². The SMILES string of the molecule is CNCC1(c2ccc(C(C)(C)C)cc2)CCCCCC1. The lowest BCUT2D eigenvalue weighted by Crippen LogP contribution is -2.36. The van der Waals surface area contributed by atoms with Gasteiger partial charge in [-0.25, -0.2) is 0 Å². The Morgan fingerprint density at radius 2 is 1.50 bits per heavy atom. The van der Waals surface area contributed by atoms with Crippen LogP contribution >= 0.6 is 0 Å². The zero-order valence-corrected chi connectivity index (χ0v) is 13.8. The predicted octanol–water partition coefficient (Wildman–Crippen LogP) is 4.80. The van der Waals surface area contributed by atoms with Crippen LogP contribution in [0.1, 0.15) is 70.4 Å². The molecule has 0 aromatic heterocycles. The van der Waals surface area contributed by atoms with Gasteiger partial charge in [-0.15, -0.1) is 0 Å². The van der Waals surface area contributed by atoms with Gasteiger partial charge in [-0.05, 0) is 36.4 Å². The minimum absolute atomic E-state index is 0.248. The van der Waals surface area contributed by atoms with Gasteiger partial charge in [0.05, 0.1) is 0 Å². The zero-order chi connectivity index (χ0) is 14.6. The maximum atomic E-state index is 3.45. The third-order valence-corrected chi connectivity index (χ3v) is 4.94. The standard InChI is InChI=1S/C19H31N/c1-18(2,3)16-9-11-17(12-10-16)19(15-20-4)13-7-5-6-8-14-19/h9-12,20H,5-8,13-15H2,1-4H3. The van der Waals surface area contributed by atoms with Crippen molar-refractivity contribution in [2.75, 3.05) is 13.6 Å². The fraction of sp³-hybridized carbons (Fsp3) is 0.684. The molecule has 0 radical (unpaired) electrons. The lowest BCUT2D eigenvalue weighted by atomic mass is 9.73. The lowest BCUT2D eigenvalue weighted by Gasteiger charge is -2.34. The monoisotopic (exact) mass is 273 g/mol. The molecule has 0 bridgehead atoms. The first-order valence-electron chi connectivity index (χ1n) is 8.24. The summed E-state index contributed by atoms with van der Waals surface area (Å²) < 4.78 is 0. The molecule has 1 aromatic rings. The van der Waals surface area contributed by atoms with Crippen LogP contribution in [0.3, 0.4) is 0 Å². The molecule has 1 aliphatic rings. The number of nitrogens with one attached hydrogen (secondary N) is 1. The summed E-state index contributed by atoms with van der Waals surface area (Å²) in [5, 5.41) is 3.45. The molecule has 1 fully saturated rings. The average molecular weight is 273 g/mol. The maximum Gasteiger partial charge on any atom is 0.00776 e. The summed E-state index contributed by atoms with van der Waals surface area (Å²) >= 11 is 0. The molecule has 1 heteroatoms. The molecule has 0 spiro atoms. The van der Waals surface area contributed by atoms with E-state index in [0.29, 0.717) is 5.41 Å². The molecule has 1 N–H and O–H groups in total. The molecular weight excluding hydrogens is 242 g/mol. The van der Waals surface area contributed by atoms with E-state index in [9.17, 15) is 0 Å². The molecule has 1 saturated carbocycles. The van der Waals surface area contributed by atoms with Crippen LogP contribution in [0.4, 0.5) is 0 Å². The van der Waals surface area contributed by atoms with Crippen molar-refractivity contribution in [1.29, 1.82) is 0 Å². The van der Waals surface area contributed by atoms with Gasteiger partial charge in [0, 0.05) is 12.0 Å². The first kappa shape index (κ1) is 15.6. The highest BCUT2D eigenvalue weighted by molar-refractivity contribution is 5.33. The minimum atomic E-state index is 0.248. The van der Waals surface area contributed by atoms with Gasteiger partial charge in [0.1, 0.15) is 0 Å². The molecule has 20 heavy (non-hydrogen) atoms. The van der Waals surface area contributed by atoms with E-state index in [1.165, 1.54) is 44.1 Å². The number of hydrogen-bond acceptors (Lipinski definition) is 1. The van der Waals surface area contributed by atoms with E-state index < -0.39 is 0 Å². The summed E-state index contributed by atoms with van der Waals surface area (Å²) in [6.07, 6.45) is 8.24. The highest BCUT2D eigenvalue weighted by Gasteiger charge is 2.32. The molecule has 1 aliphatic carbocycles. The van der Waals surface area contributed by atoms with Crippen LogP contribution in [0.25, 0.3) is 0 Å². The molecular formula is C19H31N. The van der Waals surface area contributed by atoms with Crippen molar-refractivity contribution in [3.8, 4) is 0 Å². The highest BCUT2D eigenvalue weighted by atomic mass is 14.8. The van der Waals surface area contributed by atoms with Gasteiger partial charge < -0.3 is 5.32 Å². The third kappa shape index (κ3) is 3.44. The van der Waals surface area contributed by atoms with Crippen molar-refractivity contribution >= 4 is 0 Å². The van der Waals surface area contributed by atoms with E-state index in [4.69, 9.17) is 0 Å². The van der Waals surface area contributed by atoms with Crippen LogP contribution < -0.4 is 5.32 Å². The Balaban J connectivity index is 2.29. The van der Waals surface area contributed by atoms with E-state index in [2.05, 4.69) is 57.4 Å². The second kappa shape index (κ2) is 6.30. The molecule has 112 valence electrons. The van der Waals surface area contributed by atoms with E-state index in [0.717, 1.165) is 6.54 Å². The Bertz CT molecular complexity index is 402. The van der Waals surface area contributed by atoms with Gasteiger partial charge in [-0.1, -0.05) is 70.7 Å². The third-order valence-electron chi connectivity index (χ3n) is 4.94. The van der Waals surface area contributed by atoms with Crippen LogP contribution in [0.5, 0.6) is 0 Å². The minimum Gasteiger partial charge on any atom is -0.319 e. The average Bonchev–Trinajstić information content (AvgIpc) is 2.65. The molecule has 1 nitrogen and oxygen atoms in total. The molecule has 0 saturated heterocycles. The van der Waals surface area contributed by atoms with Crippen molar-refractivity contribution in [2.24, 2.45) is 0 Å². The fourth-order valence-corrected chi connectivity index (χ4v) is 3.64. The van der Waals surface area contributed by atoms with Crippen LogP contribution in [-0.2, 0) is 10.8 Å². The normalized spacial score (nSPS) is 19.6. The number of likely N-dealkylation sites (N-methyl/N-ethyl adjacent to an activating group) is 1. The van der Waals surface area contributed by atoms with Gasteiger partial charge in [-0.3, -0.25) is 0 Å². The van der Waals surface area contributed by atoms with Crippen molar-refractivity contribution in [3.63, 3.8) is 0 Å². The summed E-state index contributed by atoms with van der Waals surface area (Å²) in [5.74, 6) is 0. The Morgan fingerprint density at radius 1 is 0.950 bits per heavy atom. The molecule has 1 aromatic carbocycles. The van der Waals surface area contributed by atoms with E-state index in [1.807, 2.05) is 0 Å². The number of hydrogen-bond donors (Lipinski definition) is 1. The van der Waals surface area contributed by atoms with Gasteiger partial charge in [0.15, 0.2) is 0 Å². The van der Waals surface area contributed by atoms with Crippen LogP contribution in [0, 0.1) is 0 Å². The summed E-state index contributed by atoms with van der Waals surface area (Å²) in [7, 11) is 2.09. The van der Waals surface area contributed by atoms with Gasteiger partial charge >= 0.3 is 0 Å². The Labute approximate surface area is 125 Å². The smallest absolute Gasteiger partial charge is 0.00776 e. The molecule has 2 rings (SSSR count). The quantitative estimate of drug-likeness (QED) is 0.780.